The van der Waals surface area contributed by atoms with E-state index in [-0.39, 0.29) is 0 Å². The molecule has 0 saturated carbocycles. The van der Waals surface area contributed by atoms with Crippen LogP contribution >= 0.6 is 7.68 Å². The fourth-order valence-electron chi connectivity index (χ4n) is 3.93. The minimum Gasteiger partial charge on any atom is -0.314 e. The third-order valence-corrected chi connectivity index (χ3v) is 7.81. The summed E-state index contributed by atoms with van der Waals surface area (Å²) in [6, 6.07) is 0. The Kier molecular flexibility index (Phi) is 15.3. The van der Waals surface area contributed by atoms with Gasteiger partial charge in [0.05, 0.1) is 21.1 Å². The molecule has 0 aliphatic heterocycles. The summed E-state index contributed by atoms with van der Waals surface area (Å²) in [4.78, 5) is 0. The molecule has 4 heteroatoms. The number of nitrogens with zero attached hydrogens (tertiary/aromatic N) is 1. The number of unbranched alkanes of at least 4 members (excludes halogenated alkanes) is 11. The molecule has 0 rings (SSSR count). The zero-order chi connectivity index (χ0) is 20.6. The number of hydrogen-bond acceptors (Lipinski definition) is 2. The maximum Gasteiger partial charge on any atom is 0.378 e. The van der Waals surface area contributed by atoms with E-state index in [9.17, 15) is 9.13 Å². The van der Waals surface area contributed by atoms with E-state index in [1.54, 1.807) is 0 Å². The maximum absolute atomic E-state index is 11.9. The lowest BCUT2D eigenvalue weighted by Gasteiger charge is -2.40. The molecule has 0 aromatic heterocycles. The van der Waals surface area contributed by atoms with Crippen molar-refractivity contribution < 1.29 is 13.6 Å². The van der Waals surface area contributed by atoms with Gasteiger partial charge in [-0.1, -0.05) is 77.4 Å². The van der Waals surface area contributed by atoms with E-state index in [2.05, 4.69) is 19.1 Å². The van der Waals surface area contributed by atoms with E-state index in [0.717, 1.165) is 25.7 Å². The van der Waals surface area contributed by atoms with Crippen molar-refractivity contribution >= 4 is 7.68 Å². The van der Waals surface area contributed by atoms with Crippen LogP contribution in [0, 0.1) is 0 Å². The molecule has 0 amide bonds. The lowest BCUT2D eigenvalue weighted by molar-refractivity contribution is -0.908. The molecule has 0 aliphatic carbocycles. The van der Waals surface area contributed by atoms with Crippen LogP contribution < -0.4 is 0 Å². The molecule has 0 bridgehead atoms. The van der Waals surface area contributed by atoms with E-state index >= 15 is 0 Å². The largest absolute Gasteiger partial charge is 0.378 e. The summed E-state index contributed by atoms with van der Waals surface area (Å²) in [5, 5.41) is -0.609. The molecule has 1 unspecified atom stereocenters. The molecule has 3 nitrogen and oxygen atoms in total. The van der Waals surface area contributed by atoms with Crippen LogP contribution in [0.15, 0.2) is 12.2 Å². The highest BCUT2D eigenvalue weighted by Crippen LogP contribution is 2.42. The van der Waals surface area contributed by atoms with Crippen molar-refractivity contribution in [2.24, 2.45) is 0 Å². The Hall–Kier alpha value is -0.400. The van der Waals surface area contributed by atoms with E-state index < -0.39 is 13.0 Å². The van der Waals surface area contributed by atoms with Crippen LogP contribution in [0.3, 0.4) is 0 Å². The van der Waals surface area contributed by atoms with Gasteiger partial charge in [-0.25, -0.2) is 9.13 Å². The second-order valence-corrected chi connectivity index (χ2v) is 10.3. The van der Waals surface area contributed by atoms with E-state index in [4.69, 9.17) is 0 Å². The topological polar surface area (TPSA) is 34.1 Å². The predicted molar refractivity (Wildman–Crippen MR) is 119 cm³/mol. The smallest absolute Gasteiger partial charge is 0.314 e. The van der Waals surface area contributed by atoms with Crippen LogP contribution in [0.5, 0.6) is 0 Å². The van der Waals surface area contributed by atoms with Gasteiger partial charge < -0.3 is 4.48 Å². The molecule has 0 N–H and O–H groups in total. The van der Waals surface area contributed by atoms with Crippen molar-refractivity contribution in [2.45, 2.75) is 115 Å². The summed E-state index contributed by atoms with van der Waals surface area (Å²) in [6.07, 6.45) is 22.8. The van der Waals surface area contributed by atoms with Crippen LogP contribution in [-0.4, -0.2) is 30.9 Å². The third kappa shape index (κ3) is 11.3. The van der Waals surface area contributed by atoms with Crippen molar-refractivity contribution in [3.05, 3.63) is 12.2 Å². The fraction of sp³-hybridized carbons (Fsp3) is 0.913. The first-order chi connectivity index (χ1) is 12.8. The molecule has 0 heterocycles. The average Bonchev–Trinajstić information content (AvgIpc) is 2.60. The molecule has 27 heavy (non-hydrogen) atoms. The summed E-state index contributed by atoms with van der Waals surface area (Å²) in [5.74, 6) is 0. The van der Waals surface area contributed by atoms with Crippen LogP contribution in [0.25, 0.3) is 0 Å². The molecule has 1 atom stereocenters. The summed E-state index contributed by atoms with van der Waals surface area (Å²) in [7, 11) is 3.59. The van der Waals surface area contributed by atoms with Crippen molar-refractivity contribution in [3.63, 3.8) is 0 Å². The minimum absolute atomic E-state index is 0.501. The Morgan fingerprint density at radius 1 is 0.704 bits per heavy atom. The Labute approximate surface area is 170 Å². The van der Waals surface area contributed by atoms with Gasteiger partial charge in [-0.3, -0.25) is 0 Å². The van der Waals surface area contributed by atoms with Crippen molar-refractivity contribution in [2.75, 3.05) is 21.1 Å². The molecule has 0 fully saturated rings. The lowest BCUT2D eigenvalue weighted by Crippen LogP contribution is -2.53. The van der Waals surface area contributed by atoms with Crippen LogP contribution in [0.2, 0.25) is 0 Å². The van der Waals surface area contributed by atoms with Gasteiger partial charge in [-0.05, 0) is 32.1 Å². The van der Waals surface area contributed by atoms with E-state index in [0.29, 0.717) is 10.9 Å². The zero-order valence-electron chi connectivity index (χ0n) is 19.0. The number of quaternary nitrogens is 1. The lowest BCUT2D eigenvalue weighted by atomic mass is 10.0. The molecule has 0 saturated heterocycles. The molecule has 0 aromatic rings. The van der Waals surface area contributed by atoms with Crippen LogP contribution in [0.1, 0.15) is 110 Å². The van der Waals surface area contributed by atoms with Crippen LogP contribution in [-0.2, 0) is 9.13 Å². The van der Waals surface area contributed by atoms with Gasteiger partial charge in [0.1, 0.15) is 0 Å². The van der Waals surface area contributed by atoms with Gasteiger partial charge in [0.25, 0.3) is 0 Å². The fourth-order valence-corrected chi connectivity index (χ4v) is 5.02. The molecule has 0 aromatic carbocycles. The van der Waals surface area contributed by atoms with E-state index in [1.807, 2.05) is 28.1 Å². The summed E-state index contributed by atoms with van der Waals surface area (Å²) in [5.41, 5.74) is 0. The average molecular weight is 401 g/mol. The number of rotatable bonds is 18. The first-order valence-electron chi connectivity index (χ1n) is 11.4. The zero-order valence-corrected chi connectivity index (χ0v) is 19.9. The van der Waals surface area contributed by atoms with Gasteiger partial charge in [0.15, 0.2) is 0 Å². The number of allylic oxidation sites excluding steroid dienone is 2. The van der Waals surface area contributed by atoms with Gasteiger partial charge >= 0.3 is 7.68 Å². The van der Waals surface area contributed by atoms with Crippen molar-refractivity contribution in [3.8, 4) is 0 Å². The monoisotopic (exact) mass is 400 g/mol. The Morgan fingerprint density at radius 2 is 1.15 bits per heavy atom. The molecule has 0 aliphatic rings. The van der Waals surface area contributed by atoms with E-state index in [1.165, 1.54) is 64.2 Å². The quantitative estimate of drug-likeness (QED) is 0.101. The molecule has 160 valence electrons. The van der Waals surface area contributed by atoms with Crippen molar-refractivity contribution in [1.82, 2.24) is 0 Å². The summed E-state index contributed by atoms with van der Waals surface area (Å²) >= 11 is 0. The highest BCUT2D eigenvalue weighted by molar-refractivity contribution is 7.32. The second kappa shape index (κ2) is 15.5. The molecular weight excluding hydrogens is 353 g/mol. The van der Waals surface area contributed by atoms with Crippen LogP contribution in [0.4, 0.5) is 0 Å². The van der Waals surface area contributed by atoms with Crippen molar-refractivity contribution in [1.29, 1.82) is 0 Å². The molecule has 0 spiro atoms. The molecule has 0 radical (unpaired) electrons. The predicted octanol–water partition coefficient (Wildman–Crippen LogP) is 8.01. The first kappa shape index (κ1) is 26.6. The Balaban J connectivity index is 3.75. The highest BCUT2D eigenvalue weighted by atomic mass is 31.1. The van der Waals surface area contributed by atoms with Gasteiger partial charge in [0.2, 0.25) is 5.28 Å². The number of hydrogen-bond donors (Lipinski definition) is 0. The highest BCUT2D eigenvalue weighted by Gasteiger charge is 2.46. The maximum atomic E-state index is 11.9. The normalized spacial score (nSPS) is 14.6. The SMILES string of the molecule is CCCCCCCCCCC=CCCCCCC(CC)(P(=O)=O)[N+](C)(C)C. The van der Waals surface area contributed by atoms with Gasteiger partial charge in [0, 0.05) is 12.8 Å². The minimum atomic E-state index is -2.42. The summed E-state index contributed by atoms with van der Waals surface area (Å²) < 4.78 is 24.3. The van der Waals surface area contributed by atoms with Gasteiger partial charge in [-0.2, -0.15) is 0 Å². The Morgan fingerprint density at radius 3 is 1.56 bits per heavy atom. The Bertz CT molecular complexity index is 444. The first-order valence-corrected chi connectivity index (χ1v) is 12.6. The standard InChI is InChI=1S/C23H47NO2P/c1-6-8-9-10-11-12-13-14-15-16-17-18-19-20-21-22-23(7-2,27(25)26)24(3,4)5/h16-17H,6-15,18-22H2,1-5H3/q+1. The van der Waals surface area contributed by atoms with Gasteiger partial charge in [-0.15, -0.1) is 0 Å². The second-order valence-electron chi connectivity index (χ2n) is 8.94. The summed E-state index contributed by atoms with van der Waals surface area (Å²) in [6.45, 7) is 4.27. The third-order valence-electron chi connectivity index (χ3n) is 5.99. The molecular formula is C23H47NO2P+.